The van der Waals surface area contributed by atoms with Crippen molar-refractivity contribution < 1.29 is 17.9 Å². The van der Waals surface area contributed by atoms with Gasteiger partial charge in [0.05, 0.1) is 23.1 Å². The molecular formula is C22H25N3O4S. The largest absolute Gasteiger partial charge is 0.381 e. The molecule has 0 aromatic heterocycles. The number of anilines is 1. The average Bonchev–Trinajstić information content (AvgIpc) is 2.76. The minimum Gasteiger partial charge on any atom is -0.381 e. The van der Waals surface area contributed by atoms with Crippen LogP contribution in [0.3, 0.4) is 0 Å². The van der Waals surface area contributed by atoms with Crippen molar-refractivity contribution in [3.8, 4) is 6.07 Å². The van der Waals surface area contributed by atoms with Crippen LogP contribution < -0.4 is 4.72 Å². The predicted octanol–water partition coefficient (Wildman–Crippen LogP) is 3.33. The smallest absolute Gasteiger partial charge is 0.261 e. The van der Waals surface area contributed by atoms with E-state index in [1.807, 2.05) is 19.1 Å². The van der Waals surface area contributed by atoms with E-state index in [0.717, 1.165) is 18.4 Å². The fraction of sp³-hybridized carbons (Fsp3) is 0.364. The minimum absolute atomic E-state index is 0.0192. The van der Waals surface area contributed by atoms with Crippen LogP contribution >= 0.6 is 0 Å². The van der Waals surface area contributed by atoms with Crippen LogP contribution in [0.5, 0.6) is 0 Å². The van der Waals surface area contributed by atoms with E-state index in [4.69, 9.17) is 10.00 Å². The summed E-state index contributed by atoms with van der Waals surface area (Å²) in [6.07, 6.45) is 1.70. The third kappa shape index (κ3) is 5.17. The third-order valence-electron chi connectivity index (χ3n) is 5.16. The molecule has 0 aliphatic carbocycles. The third-order valence-corrected chi connectivity index (χ3v) is 6.54. The lowest BCUT2D eigenvalue weighted by molar-refractivity contribution is 0.0296. The van der Waals surface area contributed by atoms with E-state index >= 15 is 0 Å². The van der Waals surface area contributed by atoms with Crippen LogP contribution in [-0.4, -0.2) is 45.0 Å². The van der Waals surface area contributed by atoms with Gasteiger partial charge >= 0.3 is 0 Å². The molecule has 7 nitrogen and oxygen atoms in total. The number of hydrogen-bond donors (Lipinski definition) is 1. The first-order valence-corrected chi connectivity index (χ1v) is 11.3. The normalized spacial score (nSPS) is 14.7. The molecule has 0 unspecified atom stereocenters. The Bertz CT molecular complexity index is 1020. The van der Waals surface area contributed by atoms with Gasteiger partial charge in [0.2, 0.25) is 0 Å². The number of amides is 1. The van der Waals surface area contributed by atoms with Crippen molar-refractivity contribution >= 4 is 21.6 Å². The maximum absolute atomic E-state index is 13.1. The SMILES string of the molecule is Cc1ccccc1NS(=O)(=O)c1ccc(C(=O)N(CCC#N)C2CCOCC2)cc1. The highest BCUT2D eigenvalue weighted by atomic mass is 32.2. The molecule has 1 N–H and O–H groups in total. The highest BCUT2D eigenvalue weighted by molar-refractivity contribution is 7.92. The van der Waals surface area contributed by atoms with Crippen molar-refractivity contribution in [2.75, 3.05) is 24.5 Å². The highest BCUT2D eigenvalue weighted by Gasteiger charge is 2.26. The first-order valence-electron chi connectivity index (χ1n) is 9.86. The van der Waals surface area contributed by atoms with E-state index in [1.54, 1.807) is 17.0 Å². The molecule has 0 saturated carbocycles. The second-order valence-electron chi connectivity index (χ2n) is 7.20. The van der Waals surface area contributed by atoms with Crippen LogP contribution in [0.1, 0.15) is 35.2 Å². The summed E-state index contributed by atoms with van der Waals surface area (Å²) >= 11 is 0. The maximum Gasteiger partial charge on any atom is 0.261 e. The number of rotatable bonds is 7. The van der Waals surface area contributed by atoms with Gasteiger partial charge in [-0.1, -0.05) is 18.2 Å². The van der Waals surface area contributed by atoms with Gasteiger partial charge in [0, 0.05) is 31.4 Å². The molecule has 30 heavy (non-hydrogen) atoms. The van der Waals surface area contributed by atoms with Crippen molar-refractivity contribution in [2.45, 2.75) is 37.1 Å². The summed E-state index contributed by atoms with van der Waals surface area (Å²) in [6, 6.07) is 15.1. The zero-order valence-corrected chi connectivity index (χ0v) is 17.7. The number of hydrogen-bond acceptors (Lipinski definition) is 5. The monoisotopic (exact) mass is 427 g/mol. The molecular weight excluding hydrogens is 402 g/mol. The first-order chi connectivity index (χ1) is 14.4. The lowest BCUT2D eigenvalue weighted by Gasteiger charge is -2.34. The van der Waals surface area contributed by atoms with E-state index in [1.165, 1.54) is 24.3 Å². The Morgan fingerprint density at radius 2 is 1.83 bits per heavy atom. The lowest BCUT2D eigenvalue weighted by atomic mass is 10.0. The Kier molecular flexibility index (Phi) is 7.08. The first kappa shape index (κ1) is 21.8. The number of nitrogens with zero attached hydrogens (tertiary/aromatic N) is 2. The Balaban J connectivity index is 1.78. The van der Waals surface area contributed by atoms with Crippen LogP contribution in [0.15, 0.2) is 53.4 Å². The molecule has 1 heterocycles. The molecule has 8 heteroatoms. The molecule has 0 bridgehead atoms. The van der Waals surface area contributed by atoms with Crippen molar-refractivity contribution in [1.82, 2.24) is 4.90 Å². The Morgan fingerprint density at radius 3 is 2.47 bits per heavy atom. The number of para-hydroxylation sites is 1. The van der Waals surface area contributed by atoms with Gasteiger partial charge in [-0.15, -0.1) is 0 Å². The zero-order valence-electron chi connectivity index (χ0n) is 16.9. The van der Waals surface area contributed by atoms with E-state index in [-0.39, 0.29) is 23.3 Å². The fourth-order valence-electron chi connectivity index (χ4n) is 3.45. The molecule has 0 spiro atoms. The van der Waals surface area contributed by atoms with Gasteiger partial charge < -0.3 is 9.64 Å². The number of carbonyl (C=O) groups excluding carboxylic acids is 1. The molecule has 1 saturated heterocycles. The van der Waals surface area contributed by atoms with Crippen LogP contribution in [0.4, 0.5) is 5.69 Å². The number of benzene rings is 2. The highest BCUT2D eigenvalue weighted by Crippen LogP contribution is 2.22. The molecule has 0 radical (unpaired) electrons. The molecule has 1 aliphatic heterocycles. The van der Waals surface area contributed by atoms with Crippen molar-refractivity contribution in [3.63, 3.8) is 0 Å². The minimum atomic E-state index is -3.77. The van der Waals surface area contributed by atoms with E-state index in [9.17, 15) is 13.2 Å². The molecule has 0 atom stereocenters. The number of carbonyl (C=O) groups is 1. The summed E-state index contributed by atoms with van der Waals surface area (Å²) in [6.45, 7) is 3.34. The standard InChI is InChI=1S/C22H25N3O4S/c1-17-5-2-3-6-21(17)24-30(27,28)20-9-7-18(8-10-20)22(26)25(14-4-13-23)19-11-15-29-16-12-19/h2-3,5-10,19,24H,4,11-12,14-16H2,1H3. The van der Waals surface area contributed by atoms with Crippen LogP contribution in [0.25, 0.3) is 0 Å². The van der Waals surface area contributed by atoms with E-state index < -0.39 is 10.0 Å². The summed E-state index contributed by atoms with van der Waals surface area (Å²) in [5, 5.41) is 8.95. The van der Waals surface area contributed by atoms with Crippen LogP contribution in [0.2, 0.25) is 0 Å². The van der Waals surface area contributed by atoms with Crippen molar-refractivity contribution in [1.29, 1.82) is 5.26 Å². The second kappa shape index (κ2) is 9.74. The molecule has 1 aliphatic rings. The van der Waals surface area contributed by atoms with Crippen LogP contribution in [-0.2, 0) is 14.8 Å². The summed E-state index contributed by atoms with van der Waals surface area (Å²) in [4.78, 5) is 14.8. The topological polar surface area (TPSA) is 99.5 Å². The average molecular weight is 428 g/mol. The lowest BCUT2D eigenvalue weighted by Crippen LogP contribution is -2.44. The van der Waals surface area contributed by atoms with Gasteiger partial charge in [-0.05, 0) is 55.7 Å². The fourth-order valence-corrected chi connectivity index (χ4v) is 4.58. The van der Waals surface area contributed by atoms with Crippen molar-refractivity contribution in [2.24, 2.45) is 0 Å². The summed E-state index contributed by atoms with van der Waals surface area (Å²) < 4.78 is 33.4. The second-order valence-corrected chi connectivity index (χ2v) is 8.88. The maximum atomic E-state index is 13.1. The van der Waals surface area contributed by atoms with Gasteiger partial charge in [-0.25, -0.2) is 8.42 Å². The quantitative estimate of drug-likeness (QED) is 0.731. The molecule has 1 fully saturated rings. The zero-order chi connectivity index (χ0) is 21.6. The number of sulfonamides is 1. The molecule has 2 aromatic carbocycles. The number of ether oxygens (including phenoxy) is 1. The van der Waals surface area contributed by atoms with Crippen LogP contribution in [0, 0.1) is 18.3 Å². The van der Waals surface area contributed by atoms with E-state index in [2.05, 4.69) is 10.8 Å². The Labute approximate surface area is 177 Å². The molecule has 3 rings (SSSR count). The van der Waals surface area contributed by atoms with Gasteiger partial charge in [0.1, 0.15) is 0 Å². The number of nitriles is 1. The van der Waals surface area contributed by atoms with Gasteiger partial charge in [0.25, 0.3) is 15.9 Å². The summed E-state index contributed by atoms with van der Waals surface area (Å²) in [5.74, 6) is -0.201. The summed E-state index contributed by atoms with van der Waals surface area (Å²) in [7, 11) is -3.77. The van der Waals surface area contributed by atoms with Gasteiger partial charge in [-0.2, -0.15) is 5.26 Å². The Hall–Kier alpha value is -2.89. The number of nitrogens with one attached hydrogen (secondary N) is 1. The van der Waals surface area contributed by atoms with E-state index in [0.29, 0.717) is 31.0 Å². The predicted molar refractivity (Wildman–Crippen MR) is 114 cm³/mol. The molecule has 2 aromatic rings. The van der Waals surface area contributed by atoms with Crippen molar-refractivity contribution in [3.05, 3.63) is 59.7 Å². The summed E-state index contributed by atoms with van der Waals surface area (Å²) in [5.41, 5.74) is 1.73. The van der Waals surface area contributed by atoms with Gasteiger partial charge in [-0.3, -0.25) is 9.52 Å². The Morgan fingerprint density at radius 1 is 1.17 bits per heavy atom. The molecule has 1 amide bonds. The number of aryl methyl sites for hydroxylation is 1. The molecule has 158 valence electrons. The van der Waals surface area contributed by atoms with Gasteiger partial charge in [0.15, 0.2) is 0 Å².